The maximum Gasteiger partial charge on any atom is 0.414 e. The standard InChI is InChI=1S/C7H4N3O2/c11-7-5-3-1-2-4-6(5)10(12)9-8-7/h1-4H/q+1. The molecule has 0 saturated heterocycles. The van der Waals surface area contributed by atoms with Gasteiger partial charge >= 0.3 is 5.91 Å². The van der Waals surface area contributed by atoms with Gasteiger partial charge in [-0.15, -0.1) is 0 Å². The Labute approximate surface area is 67.3 Å². The number of para-hydroxylation sites is 1. The fourth-order valence-electron chi connectivity index (χ4n) is 1.00. The SMILES string of the molecule is O=C1N=N[N+](=O)c2ccccc21. The molecule has 1 aliphatic rings. The number of carbonyl (C=O) groups excluding carboxylic acids is 1. The van der Waals surface area contributed by atoms with Crippen LogP contribution in [0.25, 0.3) is 0 Å². The second kappa shape index (κ2) is 2.30. The Hall–Kier alpha value is -1.91. The maximum absolute atomic E-state index is 11.0. The van der Waals surface area contributed by atoms with Crippen LogP contribution in [0, 0.1) is 4.91 Å². The van der Waals surface area contributed by atoms with E-state index < -0.39 is 5.91 Å². The first-order valence-electron chi connectivity index (χ1n) is 3.31. The van der Waals surface area contributed by atoms with Crippen LogP contribution in [0.15, 0.2) is 34.6 Å². The highest BCUT2D eigenvalue weighted by Gasteiger charge is 2.28. The zero-order chi connectivity index (χ0) is 8.55. The highest BCUT2D eigenvalue weighted by atomic mass is 16.3. The number of hydrogen-bond donors (Lipinski definition) is 0. The van der Waals surface area contributed by atoms with E-state index in [4.69, 9.17) is 0 Å². The van der Waals surface area contributed by atoms with E-state index in [0.29, 0.717) is 10.4 Å². The third kappa shape index (κ3) is 0.833. The Balaban J connectivity index is 2.69. The van der Waals surface area contributed by atoms with Crippen LogP contribution in [0.4, 0.5) is 5.69 Å². The summed E-state index contributed by atoms with van der Waals surface area (Å²) in [4.78, 5) is 22.3. The fourth-order valence-corrected chi connectivity index (χ4v) is 1.00. The van der Waals surface area contributed by atoms with Crippen molar-refractivity contribution in [2.75, 3.05) is 0 Å². The van der Waals surface area contributed by atoms with Gasteiger partial charge < -0.3 is 0 Å². The molecule has 0 fully saturated rings. The average molecular weight is 162 g/mol. The quantitative estimate of drug-likeness (QED) is 0.544. The van der Waals surface area contributed by atoms with Crippen molar-refractivity contribution in [2.24, 2.45) is 10.3 Å². The van der Waals surface area contributed by atoms with Crippen LogP contribution in [0.5, 0.6) is 0 Å². The molecule has 5 heteroatoms. The van der Waals surface area contributed by atoms with Gasteiger partial charge in [0.05, 0.1) is 0 Å². The van der Waals surface area contributed by atoms with Gasteiger partial charge in [0.25, 0.3) is 0 Å². The van der Waals surface area contributed by atoms with Crippen molar-refractivity contribution in [3.8, 4) is 0 Å². The fraction of sp³-hybridized carbons (Fsp3) is 0. The lowest BCUT2D eigenvalue weighted by molar-refractivity contribution is -0.478. The molecule has 0 radical (unpaired) electrons. The normalized spacial score (nSPS) is 14.7. The molecule has 5 nitrogen and oxygen atoms in total. The summed E-state index contributed by atoms with van der Waals surface area (Å²) < 4.78 is 0. The van der Waals surface area contributed by atoms with E-state index in [-0.39, 0.29) is 5.69 Å². The first-order valence-corrected chi connectivity index (χ1v) is 3.31. The number of nitroso groups, excluding NO2 is 1. The lowest BCUT2D eigenvalue weighted by atomic mass is 10.1. The summed E-state index contributed by atoms with van der Waals surface area (Å²) in [5.74, 6) is -0.474. The summed E-state index contributed by atoms with van der Waals surface area (Å²) in [6.07, 6.45) is 0. The maximum atomic E-state index is 11.0. The Bertz CT molecular complexity index is 360. The van der Waals surface area contributed by atoms with E-state index in [0.717, 1.165) is 0 Å². The average Bonchev–Trinajstić information content (AvgIpc) is 2.12. The molecule has 1 aliphatic heterocycles. The van der Waals surface area contributed by atoms with E-state index >= 15 is 0 Å². The van der Waals surface area contributed by atoms with E-state index in [1.165, 1.54) is 6.07 Å². The highest BCUT2D eigenvalue weighted by molar-refractivity contribution is 5.98. The van der Waals surface area contributed by atoms with Gasteiger partial charge in [-0.25, -0.2) is 4.79 Å². The van der Waals surface area contributed by atoms with E-state index in [2.05, 4.69) is 10.3 Å². The number of amides is 1. The monoisotopic (exact) mass is 162 g/mol. The van der Waals surface area contributed by atoms with Crippen LogP contribution in [-0.4, -0.2) is 10.8 Å². The Morgan fingerprint density at radius 3 is 2.75 bits per heavy atom. The predicted octanol–water partition coefficient (Wildman–Crippen LogP) is 1.62. The summed E-state index contributed by atoms with van der Waals surface area (Å²) in [6, 6.07) is 6.41. The van der Waals surface area contributed by atoms with Crippen LogP contribution in [0.3, 0.4) is 0 Å². The summed E-state index contributed by atoms with van der Waals surface area (Å²) in [5, 5.41) is 6.26. The molecule has 0 aromatic heterocycles. The molecule has 1 aromatic carbocycles. The first-order chi connectivity index (χ1) is 5.79. The van der Waals surface area contributed by atoms with Crippen LogP contribution in [-0.2, 0) is 0 Å². The molecule has 12 heavy (non-hydrogen) atoms. The first kappa shape index (κ1) is 6.78. The third-order valence-electron chi connectivity index (χ3n) is 1.56. The second-order valence-electron chi connectivity index (χ2n) is 2.28. The molecule has 0 saturated carbocycles. The predicted molar refractivity (Wildman–Crippen MR) is 38.9 cm³/mol. The lowest BCUT2D eigenvalue weighted by Gasteiger charge is -1.96. The van der Waals surface area contributed by atoms with Gasteiger partial charge in [0.1, 0.15) is 15.5 Å². The molecule has 0 aliphatic carbocycles. The van der Waals surface area contributed by atoms with Gasteiger partial charge in [-0.3, -0.25) is 0 Å². The van der Waals surface area contributed by atoms with E-state index in [1.807, 2.05) is 0 Å². The smallest absolute Gasteiger partial charge is 0.234 e. The number of fused-ring (bicyclic) bond motifs is 1. The summed E-state index contributed by atoms with van der Waals surface area (Å²) >= 11 is 0. The molecule has 0 N–H and O–H groups in total. The molecule has 1 aromatic rings. The molecule has 1 amide bonds. The molecule has 0 spiro atoms. The minimum absolute atomic E-state index is 0.248. The van der Waals surface area contributed by atoms with Gasteiger partial charge in [0, 0.05) is 0 Å². The topological polar surface area (TPSA) is 61.9 Å². The van der Waals surface area contributed by atoms with Crippen LogP contribution >= 0.6 is 0 Å². The van der Waals surface area contributed by atoms with Gasteiger partial charge in [-0.1, -0.05) is 12.1 Å². The molecule has 1 heterocycles. The van der Waals surface area contributed by atoms with Crippen LogP contribution in [0.2, 0.25) is 0 Å². The van der Waals surface area contributed by atoms with E-state index in [9.17, 15) is 9.70 Å². The number of hydrogen-bond acceptors (Lipinski definition) is 2. The molecule has 0 atom stereocenters. The van der Waals surface area contributed by atoms with Gasteiger partial charge in [0.2, 0.25) is 5.69 Å². The number of benzene rings is 1. The molecule has 2 rings (SSSR count). The number of carbonyl (C=O) groups is 1. The van der Waals surface area contributed by atoms with Crippen molar-refractivity contribution in [3.63, 3.8) is 0 Å². The van der Waals surface area contributed by atoms with Crippen molar-refractivity contribution in [3.05, 3.63) is 34.7 Å². The third-order valence-corrected chi connectivity index (χ3v) is 1.56. The van der Waals surface area contributed by atoms with Crippen molar-refractivity contribution in [2.45, 2.75) is 0 Å². The number of rotatable bonds is 0. The Morgan fingerprint density at radius 1 is 1.25 bits per heavy atom. The molecule has 58 valence electrons. The van der Waals surface area contributed by atoms with Crippen molar-refractivity contribution in [1.29, 1.82) is 0 Å². The summed E-state index contributed by atoms with van der Waals surface area (Å²) in [7, 11) is 0. The van der Waals surface area contributed by atoms with Crippen LogP contribution < -0.4 is 0 Å². The zero-order valence-corrected chi connectivity index (χ0v) is 5.97. The summed E-state index contributed by atoms with van der Waals surface area (Å²) in [6.45, 7) is 0. The van der Waals surface area contributed by atoms with Crippen molar-refractivity contribution in [1.82, 2.24) is 0 Å². The lowest BCUT2D eigenvalue weighted by Crippen LogP contribution is -2.06. The second-order valence-corrected chi connectivity index (χ2v) is 2.28. The Kier molecular flexibility index (Phi) is 1.30. The van der Waals surface area contributed by atoms with Crippen LogP contribution in [0.1, 0.15) is 10.4 Å². The zero-order valence-electron chi connectivity index (χ0n) is 5.97. The minimum atomic E-state index is -0.474. The molecular formula is C7H4N3O2+. The molecular weight excluding hydrogens is 158 g/mol. The Morgan fingerprint density at radius 2 is 2.00 bits per heavy atom. The minimum Gasteiger partial charge on any atom is -0.234 e. The number of nitrogens with zero attached hydrogens (tertiary/aromatic N) is 3. The van der Waals surface area contributed by atoms with Gasteiger partial charge in [-0.2, -0.15) is 0 Å². The van der Waals surface area contributed by atoms with Crippen molar-refractivity contribution < 1.29 is 9.66 Å². The highest BCUT2D eigenvalue weighted by Crippen LogP contribution is 2.22. The van der Waals surface area contributed by atoms with Gasteiger partial charge in [0.15, 0.2) is 5.22 Å². The summed E-state index contributed by atoms with van der Waals surface area (Å²) in [5.41, 5.74) is 0.542. The van der Waals surface area contributed by atoms with Crippen molar-refractivity contribution >= 4 is 11.6 Å². The van der Waals surface area contributed by atoms with E-state index in [1.54, 1.807) is 18.2 Å². The molecule has 0 bridgehead atoms. The van der Waals surface area contributed by atoms with Gasteiger partial charge in [-0.05, 0) is 17.0 Å². The largest absolute Gasteiger partial charge is 0.414 e. The molecule has 0 unspecified atom stereocenters.